The Morgan fingerprint density at radius 3 is 2.31 bits per heavy atom. The first-order chi connectivity index (χ1) is 17.1. The Labute approximate surface area is 211 Å². The Hall–Kier alpha value is -3.37. The monoisotopic (exact) mass is 518 g/mol. The summed E-state index contributed by atoms with van der Waals surface area (Å²) in [6, 6.07) is 13.1. The summed E-state index contributed by atoms with van der Waals surface area (Å²) in [5, 5.41) is 0. The molecule has 1 amide bonds. The second kappa shape index (κ2) is 12.0. The molecule has 0 aliphatic rings. The van der Waals surface area contributed by atoms with Crippen LogP contribution in [0.15, 0.2) is 70.2 Å². The van der Waals surface area contributed by atoms with Crippen molar-refractivity contribution in [3.05, 3.63) is 78.0 Å². The van der Waals surface area contributed by atoms with Crippen molar-refractivity contribution >= 4 is 15.9 Å². The number of halogens is 1. The second-order valence-electron chi connectivity index (χ2n) is 8.43. The number of rotatable bonds is 12. The maximum absolute atomic E-state index is 13.4. The molecule has 0 saturated heterocycles. The van der Waals surface area contributed by atoms with E-state index < -0.39 is 21.9 Å². The van der Waals surface area contributed by atoms with Gasteiger partial charge in [-0.15, -0.1) is 0 Å². The summed E-state index contributed by atoms with van der Waals surface area (Å²) in [6.07, 6.45) is 2.02. The van der Waals surface area contributed by atoms with Gasteiger partial charge in [0, 0.05) is 12.6 Å². The molecule has 0 unspecified atom stereocenters. The molecule has 0 spiro atoms. The molecule has 0 bridgehead atoms. The molecular weight excluding hydrogens is 487 g/mol. The number of benzene rings is 2. The Balaban J connectivity index is 1.82. The van der Waals surface area contributed by atoms with E-state index in [1.807, 2.05) is 12.1 Å². The number of carbonyl (C=O) groups excluding carboxylic acids is 1. The van der Waals surface area contributed by atoms with Crippen molar-refractivity contribution < 1.29 is 31.5 Å². The van der Waals surface area contributed by atoms with Gasteiger partial charge in [-0.3, -0.25) is 4.79 Å². The minimum atomic E-state index is -4.03. The zero-order valence-electron chi connectivity index (χ0n) is 20.8. The summed E-state index contributed by atoms with van der Waals surface area (Å²) in [5.74, 6) is 0.832. The molecule has 0 saturated carbocycles. The van der Waals surface area contributed by atoms with Crippen molar-refractivity contribution in [1.29, 1.82) is 0 Å². The van der Waals surface area contributed by atoms with E-state index in [0.717, 1.165) is 22.0 Å². The van der Waals surface area contributed by atoms with Crippen LogP contribution in [0.3, 0.4) is 0 Å². The van der Waals surface area contributed by atoms with Gasteiger partial charge in [0.25, 0.3) is 0 Å². The number of methoxy groups -OCH3 is 2. The summed E-state index contributed by atoms with van der Waals surface area (Å²) >= 11 is 0. The number of amides is 1. The molecule has 0 fully saturated rings. The van der Waals surface area contributed by atoms with Crippen LogP contribution in [0, 0.1) is 5.82 Å². The number of hydrogen-bond acceptors (Lipinski definition) is 6. The fraction of sp³-hybridized carbons (Fsp3) is 0.346. The highest BCUT2D eigenvalue weighted by Crippen LogP contribution is 2.28. The predicted molar refractivity (Wildman–Crippen MR) is 133 cm³/mol. The van der Waals surface area contributed by atoms with E-state index in [2.05, 4.69) is 0 Å². The summed E-state index contributed by atoms with van der Waals surface area (Å²) in [4.78, 5) is 14.9. The number of nitrogens with zero attached hydrogens (tertiary/aromatic N) is 2. The van der Waals surface area contributed by atoms with E-state index in [1.54, 1.807) is 51.2 Å². The molecule has 0 aliphatic heterocycles. The lowest BCUT2D eigenvalue weighted by Crippen LogP contribution is -2.46. The van der Waals surface area contributed by atoms with Crippen LogP contribution in [-0.2, 0) is 27.8 Å². The first-order valence-corrected chi connectivity index (χ1v) is 12.9. The standard InChI is InChI=1S/C26H31FN2O6S/c1-19(2)29(36(31,32)23-10-8-21(27)9-11-23)18-26(30)28(17-22-6-5-15-35-22)14-13-20-7-12-24(33-3)25(16-20)34-4/h5-12,15-16,19H,13-14,17-18H2,1-4H3. The molecule has 0 N–H and O–H groups in total. The van der Waals surface area contributed by atoms with Crippen LogP contribution in [0.25, 0.3) is 0 Å². The molecule has 1 heterocycles. The molecular formula is C26H31FN2O6S. The van der Waals surface area contributed by atoms with Gasteiger partial charge in [-0.1, -0.05) is 6.07 Å². The smallest absolute Gasteiger partial charge is 0.243 e. The third-order valence-corrected chi connectivity index (χ3v) is 7.72. The SMILES string of the molecule is COc1ccc(CCN(Cc2ccco2)C(=O)CN(C(C)C)S(=O)(=O)c2ccc(F)cc2)cc1OC. The van der Waals surface area contributed by atoms with E-state index in [-0.39, 0.29) is 23.9 Å². The molecule has 10 heteroatoms. The molecule has 2 aromatic carbocycles. The van der Waals surface area contributed by atoms with E-state index in [1.165, 1.54) is 18.4 Å². The number of sulfonamides is 1. The topological polar surface area (TPSA) is 89.3 Å². The average molecular weight is 519 g/mol. The van der Waals surface area contributed by atoms with Crippen LogP contribution in [0.2, 0.25) is 0 Å². The second-order valence-corrected chi connectivity index (χ2v) is 10.3. The summed E-state index contributed by atoms with van der Waals surface area (Å²) < 4.78 is 57.1. The van der Waals surface area contributed by atoms with E-state index in [9.17, 15) is 17.6 Å². The maximum atomic E-state index is 13.4. The quantitative estimate of drug-likeness (QED) is 0.359. The van der Waals surface area contributed by atoms with Gasteiger partial charge in [0.15, 0.2) is 11.5 Å². The zero-order chi connectivity index (χ0) is 26.3. The molecule has 0 aliphatic carbocycles. The number of furan rings is 1. The van der Waals surface area contributed by atoms with Gasteiger partial charge in [0.05, 0.1) is 38.5 Å². The molecule has 1 aromatic heterocycles. The fourth-order valence-corrected chi connectivity index (χ4v) is 5.29. The third kappa shape index (κ3) is 6.64. The van der Waals surface area contributed by atoms with Crippen LogP contribution in [0.5, 0.6) is 11.5 Å². The fourth-order valence-electron chi connectivity index (χ4n) is 3.70. The summed E-state index contributed by atoms with van der Waals surface area (Å²) in [6.45, 7) is 3.51. The molecule has 0 atom stereocenters. The molecule has 3 rings (SSSR count). The van der Waals surface area contributed by atoms with Gasteiger partial charge in [0.2, 0.25) is 15.9 Å². The number of ether oxygens (including phenoxy) is 2. The van der Waals surface area contributed by atoms with Gasteiger partial charge in [0.1, 0.15) is 11.6 Å². The van der Waals surface area contributed by atoms with Crippen LogP contribution in [0.1, 0.15) is 25.2 Å². The van der Waals surface area contributed by atoms with Crippen molar-refractivity contribution in [2.45, 2.75) is 37.8 Å². The normalized spacial score (nSPS) is 11.6. The largest absolute Gasteiger partial charge is 0.493 e. The molecule has 8 nitrogen and oxygen atoms in total. The lowest BCUT2D eigenvalue weighted by molar-refractivity contribution is -0.132. The van der Waals surface area contributed by atoms with Gasteiger partial charge in [-0.05, 0) is 74.4 Å². The zero-order valence-corrected chi connectivity index (χ0v) is 21.6. The summed E-state index contributed by atoms with van der Waals surface area (Å²) in [5.41, 5.74) is 0.921. The highest BCUT2D eigenvalue weighted by Gasteiger charge is 2.31. The Morgan fingerprint density at radius 1 is 1.03 bits per heavy atom. The Kier molecular flexibility index (Phi) is 9.11. The molecule has 3 aromatic rings. The van der Waals surface area contributed by atoms with Crippen LogP contribution < -0.4 is 9.47 Å². The van der Waals surface area contributed by atoms with E-state index >= 15 is 0 Å². The van der Waals surface area contributed by atoms with Gasteiger partial charge in [-0.25, -0.2) is 12.8 Å². The number of hydrogen-bond donors (Lipinski definition) is 0. The van der Waals surface area contributed by atoms with Gasteiger partial charge in [-0.2, -0.15) is 4.31 Å². The molecule has 0 radical (unpaired) electrons. The predicted octanol–water partition coefficient (Wildman–Crippen LogP) is 4.11. The first-order valence-electron chi connectivity index (χ1n) is 11.4. The average Bonchev–Trinajstić information content (AvgIpc) is 3.37. The minimum absolute atomic E-state index is 0.0756. The van der Waals surface area contributed by atoms with E-state index in [4.69, 9.17) is 13.9 Å². The molecule has 36 heavy (non-hydrogen) atoms. The highest BCUT2D eigenvalue weighted by molar-refractivity contribution is 7.89. The van der Waals surface area contributed by atoms with Crippen molar-refractivity contribution in [2.24, 2.45) is 0 Å². The Bertz CT molecular complexity index is 1240. The first kappa shape index (κ1) is 27.2. The van der Waals surface area contributed by atoms with Crippen molar-refractivity contribution in [3.8, 4) is 11.5 Å². The Morgan fingerprint density at radius 2 is 1.72 bits per heavy atom. The number of carbonyl (C=O) groups is 1. The van der Waals surface area contributed by atoms with Gasteiger partial charge >= 0.3 is 0 Å². The van der Waals surface area contributed by atoms with E-state index in [0.29, 0.717) is 30.2 Å². The van der Waals surface area contributed by atoms with Crippen molar-refractivity contribution in [1.82, 2.24) is 9.21 Å². The van der Waals surface area contributed by atoms with Crippen molar-refractivity contribution in [3.63, 3.8) is 0 Å². The van der Waals surface area contributed by atoms with Crippen molar-refractivity contribution in [2.75, 3.05) is 27.3 Å². The van der Waals surface area contributed by atoms with Crippen LogP contribution in [0.4, 0.5) is 4.39 Å². The minimum Gasteiger partial charge on any atom is -0.493 e. The molecule has 194 valence electrons. The van der Waals surface area contributed by atoms with Gasteiger partial charge < -0.3 is 18.8 Å². The third-order valence-electron chi connectivity index (χ3n) is 5.69. The van der Waals surface area contributed by atoms with Crippen LogP contribution in [-0.4, -0.2) is 56.9 Å². The highest BCUT2D eigenvalue weighted by atomic mass is 32.2. The maximum Gasteiger partial charge on any atom is 0.243 e. The lowest BCUT2D eigenvalue weighted by atomic mass is 10.1. The summed E-state index contributed by atoms with van der Waals surface area (Å²) in [7, 11) is -0.917. The van der Waals surface area contributed by atoms with Crippen LogP contribution >= 0.6 is 0 Å². The lowest BCUT2D eigenvalue weighted by Gasteiger charge is -2.29.